The first-order valence-electron chi connectivity index (χ1n) is 8.20. The van der Waals surface area contributed by atoms with E-state index in [0.29, 0.717) is 22.6 Å². The third kappa shape index (κ3) is 4.96. The second kappa shape index (κ2) is 8.85. The number of hydrogen-bond acceptors (Lipinski definition) is 5. The molecule has 0 aromatic heterocycles. The molecule has 0 amide bonds. The van der Waals surface area contributed by atoms with Crippen molar-refractivity contribution in [3.05, 3.63) is 65.2 Å². The largest absolute Gasteiger partial charge is 0.497 e. The maximum Gasteiger partial charge on any atom is 0.338 e. The lowest BCUT2D eigenvalue weighted by Crippen LogP contribution is -2.11. The molecule has 0 saturated heterocycles. The zero-order chi connectivity index (χ0) is 19.1. The highest BCUT2D eigenvalue weighted by Gasteiger charge is 2.11. The highest BCUT2D eigenvalue weighted by molar-refractivity contribution is 6.09. The number of allylic oxidation sites excluding steroid dienone is 1. The van der Waals surface area contributed by atoms with Gasteiger partial charge in [0.25, 0.3) is 0 Å². The Hall–Kier alpha value is -3.08. The number of esters is 1. The molecule has 0 atom stereocenters. The van der Waals surface area contributed by atoms with E-state index in [-0.39, 0.29) is 17.9 Å². The summed E-state index contributed by atoms with van der Waals surface area (Å²) in [6, 6.07) is 11.9. The molecule has 0 spiro atoms. The predicted octanol–water partition coefficient (Wildman–Crippen LogP) is 4.17. The Bertz CT molecular complexity index is 804. The Kier molecular flexibility index (Phi) is 6.55. The van der Waals surface area contributed by atoms with Gasteiger partial charge >= 0.3 is 5.97 Å². The second-order valence-electron chi connectivity index (χ2n) is 5.84. The monoisotopic (exact) mass is 354 g/mol. The summed E-state index contributed by atoms with van der Waals surface area (Å²) in [5.74, 6) is 0.486. The minimum absolute atomic E-state index is 0.169. The second-order valence-corrected chi connectivity index (χ2v) is 5.84. The van der Waals surface area contributed by atoms with Crippen LogP contribution in [0.25, 0.3) is 6.08 Å². The van der Waals surface area contributed by atoms with E-state index in [1.54, 1.807) is 62.4 Å². The van der Waals surface area contributed by atoms with Crippen LogP contribution in [0.5, 0.6) is 11.5 Å². The molecule has 0 radical (unpaired) electrons. The number of ketones is 1. The standard InChI is InChI=1S/C21H22O5/c1-14(2)26-21(23)16-8-5-15(6-9-16)7-11-19(22)18-13-17(24-3)10-12-20(18)25-4/h5-14H,1-4H3. The zero-order valence-corrected chi connectivity index (χ0v) is 15.3. The topological polar surface area (TPSA) is 61.8 Å². The molecule has 0 saturated carbocycles. The lowest BCUT2D eigenvalue weighted by atomic mass is 10.1. The molecule has 0 bridgehead atoms. The first kappa shape index (κ1) is 19.2. The number of hydrogen-bond donors (Lipinski definition) is 0. The maximum absolute atomic E-state index is 12.5. The van der Waals surface area contributed by atoms with Gasteiger partial charge in [0.15, 0.2) is 5.78 Å². The Balaban J connectivity index is 2.14. The molecule has 26 heavy (non-hydrogen) atoms. The summed E-state index contributed by atoms with van der Waals surface area (Å²) in [6.07, 6.45) is 2.97. The minimum Gasteiger partial charge on any atom is -0.497 e. The molecule has 2 aromatic rings. The first-order valence-corrected chi connectivity index (χ1v) is 8.20. The summed E-state index contributed by atoms with van der Waals surface area (Å²) in [4.78, 5) is 24.3. The maximum atomic E-state index is 12.5. The molecule has 0 aliphatic heterocycles. The molecule has 0 aliphatic carbocycles. The van der Waals surface area contributed by atoms with Gasteiger partial charge in [-0.3, -0.25) is 4.79 Å². The van der Waals surface area contributed by atoms with Crippen molar-refractivity contribution in [3.63, 3.8) is 0 Å². The van der Waals surface area contributed by atoms with Gasteiger partial charge in [-0.05, 0) is 55.8 Å². The van der Waals surface area contributed by atoms with Crippen LogP contribution in [0.3, 0.4) is 0 Å². The van der Waals surface area contributed by atoms with E-state index in [1.165, 1.54) is 20.3 Å². The molecular weight excluding hydrogens is 332 g/mol. The molecule has 0 fully saturated rings. The van der Waals surface area contributed by atoms with E-state index in [1.807, 2.05) is 0 Å². The van der Waals surface area contributed by atoms with Crippen LogP contribution < -0.4 is 9.47 Å². The Morgan fingerprint density at radius 1 is 0.962 bits per heavy atom. The van der Waals surface area contributed by atoms with Crippen molar-refractivity contribution in [2.45, 2.75) is 20.0 Å². The van der Waals surface area contributed by atoms with Crippen molar-refractivity contribution in [1.82, 2.24) is 0 Å². The van der Waals surface area contributed by atoms with E-state index in [2.05, 4.69) is 0 Å². The van der Waals surface area contributed by atoms with Gasteiger partial charge in [0.2, 0.25) is 0 Å². The van der Waals surface area contributed by atoms with Crippen molar-refractivity contribution < 1.29 is 23.8 Å². The molecule has 0 unspecified atom stereocenters. The van der Waals surface area contributed by atoms with Crippen LogP contribution in [0.4, 0.5) is 0 Å². The normalized spacial score (nSPS) is 10.8. The average molecular weight is 354 g/mol. The first-order chi connectivity index (χ1) is 12.4. The highest BCUT2D eigenvalue weighted by Crippen LogP contribution is 2.25. The van der Waals surface area contributed by atoms with Crippen molar-refractivity contribution >= 4 is 17.8 Å². The van der Waals surface area contributed by atoms with E-state index in [4.69, 9.17) is 14.2 Å². The fourth-order valence-electron chi connectivity index (χ4n) is 2.28. The van der Waals surface area contributed by atoms with Crippen LogP contribution in [0.15, 0.2) is 48.5 Å². The lowest BCUT2D eigenvalue weighted by Gasteiger charge is -2.08. The van der Waals surface area contributed by atoms with Gasteiger partial charge in [0, 0.05) is 0 Å². The third-order valence-corrected chi connectivity index (χ3v) is 3.59. The number of ether oxygens (including phenoxy) is 3. The molecule has 5 heteroatoms. The van der Waals surface area contributed by atoms with Crippen LogP contribution in [0.2, 0.25) is 0 Å². The highest BCUT2D eigenvalue weighted by atomic mass is 16.5. The average Bonchev–Trinajstić information content (AvgIpc) is 2.65. The van der Waals surface area contributed by atoms with E-state index >= 15 is 0 Å². The number of rotatable bonds is 7. The van der Waals surface area contributed by atoms with Gasteiger partial charge in [-0.15, -0.1) is 0 Å². The van der Waals surface area contributed by atoms with Gasteiger partial charge in [0.05, 0.1) is 31.5 Å². The summed E-state index contributed by atoms with van der Waals surface area (Å²) < 4.78 is 15.5. The van der Waals surface area contributed by atoms with Crippen molar-refractivity contribution in [1.29, 1.82) is 0 Å². The minimum atomic E-state index is -0.368. The Labute approximate surface area is 153 Å². The molecule has 136 valence electrons. The summed E-state index contributed by atoms with van der Waals surface area (Å²) in [6.45, 7) is 3.60. The van der Waals surface area contributed by atoms with E-state index < -0.39 is 0 Å². The molecule has 2 rings (SSSR count). The van der Waals surface area contributed by atoms with E-state index in [9.17, 15) is 9.59 Å². The molecule has 2 aromatic carbocycles. The summed E-state index contributed by atoms with van der Waals surface area (Å²) in [5.41, 5.74) is 1.68. The molecule has 0 aliphatic rings. The van der Waals surface area contributed by atoms with E-state index in [0.717, 1.165) is 5.56 Å². The van der Waals surface area contributed by atoms with Gasteiger partial charge < -0.3 is 14.2 Å². The molecular formula is C21H22O5. The quantitative estimate of drug-likeness (QED) is 0.424. The van der Waals surface area contributed by atoms with Gasteiger partial charge in [-0.2, -0.15) is 0 Å². The molecule has 0 heterocycles. The van der Waals surface area contributed by atoms with Gasteiger partial charge in [0.1, 0.15) is 11.5 Å². The van der Waals surface area contributed by atoms with Crippen LogP contribution >= 0.6 is 0 Å². The summed E-state index contributed by atoms with van der Waals surface area (Å²) in [5, 5.41) is 0. The molecule has 5 nitrogen and oxygen atoms in total. The van der Waals surface area contributed by atoms with Gasteiger partial charge in [-0.25, -0.2) is 4.79 Å². The lowest BCUT2D eigenvalue weighted by molar-refractivity contribution is 0.0378. The Morgan fingerprint density at radius 2 is 1.65 bits per heavy atom. The number of carbonyl (C=O) groups is 2. The fraction of sp³-hybridized carbons (Fsp3) is 0.238. The summed E-state index contributed by atoms with van der Waals surface area (Å²) >= 11 is 0. The third-order valence-electron chi connectivity index (χ3n) is 3.59. The zero-order valence-electron chi connectivity index (χ0n) is 15.3. The SMILES string of the molecule is COc1ccc(OC)c(C(=O)C=Cc2ccc(C(=O)OC(C)C)cc2)c1. The van der Waals surface area contributed by atoms with Crippen molar-refractivity contribution in [2.24, 2.45) is 0 Å². The predicted molar refractivity (Wildman–Crippen MR) is 99.9 cm³/mol. The number of methoxy groups -OCH3 is 2. The summed E-state index contributed by atoms with van der Waals surface area (Å²) in [7, 11) is 3.05. The van der Waals surface area contributed by atoms with Crippen LogP contribution in [-0.4, -0.2) is 32.1 Å². The van der Waals surface area contributed by atoms with Crippen LogP contribution in [0.1, 0.15) is 40.1 Å². The van der Waals surface area contributed by atoms with Crippen molar-refractivity contribution in [2.75, 3.05) is 14.2 Å². The van der Waals surface area contributed by atoms with Crippen LogP contribution in [-0.2, 0) is 4.74 Å². The number of carbonyl (C=O) groups excluding carboxylic acids is 2. The fourth-order valence-corrected chi connectivity index (χ4v) is 2.28. The molecule has 0 N–H and O–H groups in total. The number of benzene rings is 2. The smallest absolute Gasteiger partial charge is 0.338 e. The van der Waals surface area contributed by atoms with Crippen molar-refractivity contribution in [3.8, 4) is 11.5 Å². The van der Waals surface area contributed by atoms with Crippen LogP contribution in [0, 0.1) is 0 Å². The Morgan fingerprint density at radius 3 is 2.23 bits per heavy atom. The van der Waals surface area contributed by atoms with Gasteiger partial charge in [-0.1, -0.05) is 18.2 Å².